The fraction of sp³-hybridized carbons (Fsp3) is 0.769. The molecule has 2 aliphatic heterocycles. The Morgan fingerprint density at radius 1 is 1.56 bits per heavy atom. The Balaban J connectivity index is 1.60. The van der Waals surface area contributed by atoms with Crippen molar-refractivity contribution in [3.05, 3.63) is 12.4 Å². The molecule has 2 atom stereocenters. The van der Waals surface area contributed by atoms with Crippen LogP contribution < -0.4 is 5.32 Å². The molecule has 2 saturated heterocycles. The lowest BCUT2D eigenvalue weighted by Gasteiger charge is -2.35. The van der Waals surface area contributed by atoms with Crippen molar-refractivity contribution in [3.8, 4) is 0 Å². The lowest BCUT2D eigenvalue weighted by Crippen LogP contribution is -2.47. The van der Waals surface area contributed by atoms with E-state index in [1.807, 2.05) is 12.4 Å². The van der Waals surface area contributed by atoms with Gasteiger partial charge >= 0.3 is 0 Å². The minimum atomic E-state index is 0.297. The smallest absolute Gasteiger partial charge is 0.202 e. The molecule has 0 aromatic carbocycles. The molecule has 0 radical (unpaired) electrons. The van der Waals surface area contributed by atoms with Crippen molar-refractivity contribution in [2.75, 3.05) is 31.6 Å². The van der Waals surface area contributed by atoms with E-state index in [2.05, 4.69) is 26.7 Å². The Morgan fingerprint density at radius 3 is 3.39 bits per heavy atom. The van der Waals surface area contributed by atoms with Gasteiger partial charge in [-0.2, -0.15) is 0 Å². The van der Waals surface area contributed by atoms with Crippen LogP contribution in [0.25, 0.3) is 0 Å². The molecule has 0 aliphatic carbocycles. The van der Waals surface area contributed by atoms with Crippen molar-refractivity contribution in [2.45, 2.75) is 38.5 Å². The normalized spacial score (nSPS) is 28.3. The largest absolute Gasteiger partial charge is 0.373 e. The molecule has 5 heteroatoms. The number of morpholine rings is 1. The van der Waals surface area contributed by atoms with Gasteiger partial charge in [-0.15, -0.1) is 0 Å². The van der Waals surface area contributed by atoms with Gasteiger partial charge in [-0.3, -0.25) is 4.90 Å². The second-order valence-corrected chi connectivity index (χ2v) is 5.18. The van der Waals surface area contributed by atoms with Crippen LogP contribution in [-0.2, 0) is 11.3 Å². The van der Waals surface area contributed by atoms with Crippen molar-refractivity contribution < 1.29 is 4.74 Å². The first-order valence-corrected chi connectivity index (χ1v) is 6.97. The van der Waals surface area contributed by atoms with Crippen LogP contribution in [0.5, 0.6) is 0 Å². The van der Waals surface area contributed by atoms with Gasteiger partial charge in [-0.25, -0.2) is 4.98 Å². The standard InChI is InChI=1S/C13H22N4O/c1-2-14-13-15-5-7-17(13)9-12-8-16-6-3-4-11(16)10-18-12/h5,7,11-12H,2-4,6,8-10H2,1H3,(H,14,15). The molecule has 2 unspecified atom stereocenters. The van der Waals surface area contributed by atoms with Gasteiger partial charge in [0.25, 0.3) is 0 Å². The molecule has 0 bridgehead atoms. The Labute approximate surface area is 108 Å². The first kappa shape index (κ1) is 12.0. The maximum Gasteiger partial charge on any atom is 0.202 e. The zero-order valence-electron chi connectivity index (χ0n) is 11.0. The maximum absolute atomic E-state index is 5.98. The van der Waals surface area contributed by atoms with Crippen molar-refractivity contribution in [3.63, 3.8) is 0 Å². The Bertz CT molecular complexity index is 392. The molecule has 3 heterocycles. The van der Waals surface area contributed by atoms with E-state index in [-0.39, 0.29) is 0 Å². The number of anilines is 1. The zero-order valence-corrected chi connectivity index (χ0v) is 11.0. The average molecular weight is 250 g/mol. The summed E-state index contributed by atoms with van der Waals surface area (Å²) in [6, 6.07) is 0.678. The first-order valence-electron chi connectivity index (χ1n) is 6.97. The maximum atomic E-state index is 5.98. The van der Waals surface area contributed by atoms with E-state index >= 15 is 0 Å². The number of hydrogen-bond acceptors (Lipinski definition) is 4. The fourth-order valence-corrected chi connectivity index (χ4v) is 3.00. The summed E-state index contributed by atoms with van der Waals surface area (Å²) in [4.78, 5) is 6.90. The molecule has 0 amide bonds. The Hall–Kier alpha value is -1.07. The molecule has 2 aliphatic rings. The fourth-order valence-electron chi connectivity index (χ4n) is 3.00. The predicted octanol–water partition coefficient (Wildman–Crippen LogP) is 1.18. The molecule has 1 N–H and O–H groups in total. The summed E-state index contributed by atoms with van der Waals surface area (Å²) in [7, 11) is 0. The second kappa shape index (κ2) is 5.28. The highest BCUT2D eigenvalue weighted by atomic mass is 16.5. The number of aromatic nitrogens is 2. The van der Waals surface area contributed by atoms with Crippen LogP contribution in [0.3, 0.4) is 0 Å². The summed E-state index contributed by atoms with van der Waals surface area (Å²) in [6.45, 7) is 7.09. The van der Waals surface area contributed by atoms with Crippen LogP contribution in [0.2, 0.25) is 0 Å². The lowest BCUT2D eigenvalue weighted by atomic mass is 10.2. The van der Waals surface area contributed by atoms with E-state index in [9.17, 15) is 0 Å². The molecule has 100 valence electrons. The molecule has 2 fully saturated rings. The van der Waals surface area contributed by atoms with E-state index in [1.54, 1.807) is 0 Å². The average Bonchev–Trinajstić information content (AvgIpc) is 2.99. The number of imidazole rings is 1. The summed E-state index contributed by atoms with van der Waals surface area (Å²) in [5.74, 6) is 0.949. The van der Waals surface area contributed by atoms with E-state index in [4.69, 9.17) is 4.74 Å². The molecular formula is C13H22N4O. The predicted molar refractivity (Wildman–Crippen MR) is 70.7 cm³/mol. The molecule has 3 rings (SSSR count). The van der Waals surface area contributed by atoms with E-state index in [1.165, 1.54) is 19.4 Å². The van der Waals surface area contributed by atoms with Crippen molar-refractivity contribution in [1.82, 2.24) is 14.5 Å². The van der Waals surface area contributed by atoms with E-state index in [0.717, 1.165) is 32.2 Å². The SMILES string of the molecule is CCNc1nccn1CC1CN2CCCC2CO1. The van der Waals surface area contributed by atoms with Crippen molar-refractivity contribution in [2.24, 2.45) is 0 Å². The van der Waals surface area contributed by atoms with Crippen LogP contribution in [0.1, 0.15) is 19.8 Å². The highest BCUT2D eigenvalue weighted by Crippen LogP contribution is 2.23. The highest BCUT2D eigenvalue weighted by Gasteiger charge is 2.32. The summed E-state index contributed by atoms with van der Waals surface area (Å²) in [5.41, 5.74) is 0. The molecular weight excluding hydrogens is 228 g/mol. The number of fused-ring (bicyclic) bond motifs is 1. The number of hydrogen-bond donors (Lipinski definition) is 1. The quantitative estimate of drug-likeness (QED) is 0.871. The van der Waals surface area contributed by atoms with Gasteiger partial charge in [-0.05, 0) is 26.3 Å². The van der Waals surface area contributed by atoms with Crippen molar-refractivity contribution in [1.29, 1.82) is 0 Å². The summed E-state index contributed by atoms with van der Waals surface area (Å²) >= 11 is 0. The van der Waals surface area contributed by atoms with E-state index < -0.39 is 0 Å². The minimum Gasteiger partial charge on any atom is -0.373 e. The summed E-state index contributed by atoms with van der Waals surface area (Å²) in [5, 5.41) is 3.27. The number of nitrogens with one attached hydrogen (secondary N) is 1. The number of ether oxygens (including phenoxy) is 1. The van der Waals surface area contributed by atoms with Crippen LogP contribution in [0, 0.1) is 0 Å². The Kier molecular flexibility index (Phi) is 3.52. The van der Waals surface area contributed by atoms with Crippen molar-refractivity contribution >= 4 is 5.95 Å². The zero-order chi connectivity index (χ0) is 12.4. The third-order valence-corrected chi connectivity index (χ3v) is 3.91. The first-order chi connectivity index (χ1) is 8.86. The number of rotatable bonds is 4. The molecule has 18 heavy (non-hydrogen) atoms. The van der Waals surface area contributed by atoms with Crippen LogP contribution in [0.4, 0.5) is 5.95 Å². The monoisotopic (exact) mass is 250 g/mol. The van der Waals surface area contributed by atoms with Gasteiger partial charge in [0.1, 0.15) is 0 Å². The minimum absolute atomic E-state index is 0.297. The molecule has 0 saturated carbocycles. The van der Waals surface area contributed by atoms with E-state index in [0.29, 0.717) is 12.1 Å². The number of nitrogens with zero attached hydrogens (tertiary/aromatic N) is 3. The third kappa shape index (κ3) is 2.37. The molecule has 1 aromatic heterocycles. The van der Waals surface area contributed by atoms with Gasteiger partial charge in [0.15, 0.2) is 0 Å². The Morgan fingerprint density at radius 2 is 2.50 bits per heavy atom. The van der Waals surface area contributed by atoms with Crippen LogP contribution >= 0.6 is 0 Å². The van der Waals surface area contributed by atoms with Gasteiger partial charge in [0.05, 0.1) is 19.3 Å². The van der Waals surface area contributed by atoms with Gasteiger partial charge in [0.2, 0.25) is 5.95 Å². The van der Waals surface area contributed by atoms with Gasteiger partial charge in [0, 0.05) is 31.5 Å². The lowest BCUT2D eigenvalue weighted by molar-refractivity contribution is -0.0549. The topological polar surface area (TPSA) is 42.3 Å². The summed E-state index contributed by atoms with van der Waals surface area (Å²) < 4.78 is 8.14. The summed E-state index contributed by atoms with van der Waals surface area (Å²) in [6.07, 6.45) is 6.80. The molecule has 1 aromatic rings. The highest BCUT2D eigenvalue weighted by molar-refractivity contribution is 5.25. The van der Waals surface area contributed by atoms with Crippen LogP contribution in [0.15, 0.2) is 12.4 Å². The second-order valence-electron chi connectivity index (χ2n) is 5.18. The van der Waals surface area contributed by atoms with Crippen LogP contribution in [-0.4, -0.2) is 52.8 Å². The molecule has 0 spiro atoms. The van der Waals surface area contributed by atoms with Gasteiger partial charge < -0.3 is 14.6 Å². The van der Waals surface area contributed by atoms with Gasteiger partial charge in [-0.1, -0.05) is 0 Å². The molecule has 5 nitrogen and oxygen atoms in total. The third-order valence-electron chi connectivity index (χ3n) is 3.91.